The Morgan fingerprint density at radius 2 is 2.20 bits per heavy atom. The fourth-order valence-electron chi connectivity index (χ4n) is 1.93. The van der Waals surface area contributed by atoms with Gasteiger partial charge in [-0.15, -0.1) is 11.8 Å². The minimum Gasteiger partial charge on any atom is -0.493 e. The van der Waals surface area contributed by atoms with Crippen LogP contribution in [0.1, 0.15) is 18.7 Å². The van der Waals surface area contributed by atoms with Crippen LogP contribution in [-0.4, -0.2) is 27.7 Å². The number of hydrogen-bond acceptors (Lipinski definition) is 4. The number of rotatable bonds is 6. The first kappa shape index (κ1) is 15.4. The van der Waals surface area contributed by atoms with Gasteiger partial charge in [-0.3, -0.25) is 4.68 Å². The summed E-state index contributed by atoms with van der Waals surface area (Å²) in [5.74, 6) is 1.18. The molecule has 0 spiro atoms. The molecule has 1 aromatic heterocycles. The van der Waals surface area contributed by atoms with Crippen LogP contribution < -0.4 is 4.74 Å². The number of aryl methyl sites for hydroxylation is 1. The lowest BCUT2D eigenvalue weighted by molar-refractivity contribution is 0.187. The molecule has 0 amide bonds. The van der Waals surface area contributed by atoms with Crippen molar-refractivity contribution in [3.05, 3.63) is 40.6 Å². The Hall–Kier alpha value is -0.980. The maximum atomic E-state index is 10.4. The maximum Gasteiger partial charge on any atom is 0.162 e. The van der Waals surface area contributed by atoms with Gasteiger partial charge in [0.25, 0.3) is 0 Å². The molecule has 0 aliphatic carbocycles. The predicted octanol–water partition coefficient (Wildman–Crippen LogP) is 3.50. The third-order valence-electron chi connectivity index (χ3n) is 2.91. The molecule has 1 aromatic carbocycles. The van der Waals surface area contributed by atoms with Gasteiger partial charge in [0.2, 0.25) is 0 Å². The summed E-state index contributed by atoms with van der Waals surface area (Å²) < 4.78 is 8.07. The molecule has 0 aliphatic rings. The molecule has 1 unspecified atom stereocenters. The van der Waals surface area contributed by atoms with Crippen LogP contribution in [-0.2, 0) is 6.54 Å². The van der Waals surface area contributed by atoms with Crippen LogP contribution in [0, 0.1) is 0 Å². The zero-order valence-electron chi connectivity index (χ0n) is 11.4. The number of aromatic nitrogens is 2. The van der Waals surface area contributed by atoms with E-state index in [4.69, 9.17) is 4.74 Å². The van der Waals surface area contributed by atoms with E-state index in [0.717, 1.165) is 15.1 Å². The lowest BCUT2D eigenvalue weighted by Gasteiger charge is -2.14. The minimum absolute atomic E-state index is 0.546. The quantitative estimate of drug-likeness (QED) is 0.804. The van der Waals surface area contributed by atoms with Gasteiger partial charge in [-0.05, 0) is 35.0 Å². The molecule has 1 N–H and O–H groups in total. The van der Waals surface area contributed by atoms with Crippen LogP contribution in [0.25, 0.3) is 0 Å². The highest BCUT2D eigenvalue weighted by atomic mass is 79.9. The smallest absolute Gasteiger partial charge is 0.162 e. The number of aliphatic hydroxyl groups is 1. The lowest BCUT2D eigenvalue weighted by Crippen LogP contribution is -2.11. The van der Waals surface area contributed by atoms with Crippen molar-refractivity contribution < 1.29 is 9.84 Å². The summed E-state index contributed by atoms with van der Waals surface area (Å²) in [5, 5.41) is 14.6. The van der Waals surface area contributed by atoms with Crippen molar-refractivity contribution in [3.8, 4) is 5.75 Å². The SMILES string of the molecule is CCn1ncc(OC)c1C(O)CSc1ccccc1Br. The van der Waals surface area contributed by atoms with Gasteiger partial charge in [-0.25, -0.2) is 0 Å². The van der Waals surface area contributed by atoms with Crippen molar-refractivity contribution in [1.29, 1.82) is 0 Å². The fraction of sp³-hybridized carbons (Fsp3) is 0.357. The van der Waals surface area contributed by atoms with Gasteiger partial charge < -0.3 is 9.84 Å². The normalized spacial score (nSPS) is 12.4. The Morgan fingerprint density at radius 3 is 2.85 bits per heavy atom. The van der Waals surface area contributed by atoms with Crippen LogP contribution in [0.4, 0.5) is 0 Å². The summed E-state index contributed by atoms with van der Waals surface area (Å²) in [6, 6.07) is 7.97. The molecule has 0 saturated carbocycles. The number of methoxy groups -OCH3 is 1. The topological polar surface area (TPSA) is 47.3 Å². The number of benzene rings is 1. The molecule has 1 heterocycles. The molecule has 2 rings (SSSR count). The first-order chi connectivity index (χ1) is 9.67. The van der Waals surface area contributed by atoms with E-state index in [0.29, 0.717) is 18.0 Å². The number of nitrogens with zero attached hydrogens (tertiary/aromatic N) is 2. The third kappa shape index (κ3) is 3.37. The molecule has 1 atom stereocenters. The van der Waals surface area contributed by atoms with Gasteiger partial charge in [-0.2, -0.15) is 5.10 Å². The van der Waals surface area contributed by atoms with E-state index < -0.39 is 6.10 Å². The number of ether oxygens (including phenoxy) is 1. The zero-order chi connectivity index (χ0) is 14.5. The van der Waals surface area contributed by atoms with Gasteiger partial charge in [0, 0.05) is 21.7 Å². The number of hydrogen-bond donors (Lipinski definition) is 1. The van der Waals surface area contributed by atoms with Crippen LogP contribution in [0.15, 0.2) is 39.8 Å². The Morgan fingerprint density at radius 1 is 1.45 bits per heavy atom. The van der Waals surface area contributed by atoms with E-state index in [-0.39, 0.29) is 0 Å². The second kappa shape index (κ2) is 7.15. The van der Waals surface area contributed by atoms with E-state index in [1.807, 2.05) is 31.2 Å². The number of aliphatic hydroxyl groups excluding tert-OH is 1. The monoisotopic (exact) mass is 356 g/mol. The zero-order valence-corrected chi connectivity index (χ0v) is 13.8. The van der Waals surface area contributed by atoms with E-state index in [2.05, 4.69) is 21.0 Å². The highest BCUT2D eigenvalue weighted by Crippen LogP contribution is 2.33. The summed E-state index contributed by atoms with van der Waals surface area (Å²) >= 11 is 5.10. The summed E-state index contributed by atoms with van der Waals surface area (Å²) in [6.45, 7) is 2.69. The molecule has 20 heavy (non-hydrogen) atoms. The predicted molar refractivity (Wildman–Crippen MR) is 84.3 cm³/mol. The molecule has 108 valence electrons. The fourth-order valence-corrected chi connectivity index (χ4v) is 3.44. The minimum atomic E-state index is -0.621. The Balaban J connectivity index is 2.10. The van der Waals surface area contributed by atoms with Gasteiger partial charge >= 0.3 is 0 Å². The summed E-state index contributed by atoms with van der Waals surface area (Å²) in [4.78, 5) is 1.10. The van der Waals surface area contributed by atoms with Crippen molar-refractivity contribution in [2.24, 2.45) is 0 Å². The summed E-state index contributed by atoms with van der Waals surface area (Å²) in [5.41, 5.74) is 0.731. The molecular formula is C14H17BrN2O2S. The summed E-state index contributed by atoms with van der Waals surface area (Å²) in [7, 11) is 1.59. The van der Waals surface area contributed by atoms with E-state index in [1.54, 1.807) is 29.8 Å². The molecule has 6 heteroatoms. The highest BCUT2D eigenvalue weighted by Gasteiger charge is 2.19. The largest absolute Gasteiger partial charge is 0.493 e. The average Bonchev–Trinajstić information content (AvgIpc) is 2.89. The molecule has 0 fully saturated rings. The molecule has 0 radical (unpaired) electrons. The molecule has 4 nitrogen and oxygen atoms in total. The van der Waals surface area contributed by atoms with Gasteiger partial charge in [0.05, 0.1) is 13.3 Å². The summed E-state index contributed by atoms with van der Waals surface area (Å²) in [6.07, 6.45) is 1.02. The highest BCUT2D eigenvalue weighted by molar-refractivity contribution is 9.10. The second-order valence-corrected chi connectivity index (χ2v) is 6.09. The maximum absolute atomic E-state index is 10.4. The van der Waals surface area contributed by atoms with Crippen molar-refractivity contribution in [2.75, 3.05) is 12.9 Å². The average molecular weight is 357 g/mol. The van der Waals surface area contributed by atoms with Crippen LogP contribution in [0.2, 0.25) is 0 Å². The van der Waals surface area contributed by atoms with Gasteiger partial charge in [0.1, 0.15) is 11.8 Å². The van der Waals surface area contributed by atoms with E-state index >= 15 is 0 Å². The van der Waals surface area contributed by atoms with Crippen molar-refractivity contribution in [2.45, 2.75) is 24.5 Å². The molecule has 0 aliphatic heterocycles. The Kier molecular flexibility index (Phi) is 5.51. The van der Waals surface area contributed by atoms with E-state index in [9.17, 15) is 5.11 Å². The Labute approximate surface area is 131 Å². The first-order valence-corrected chi connectivity index (χ1v) is 8.10. The molecule has 0 saturated heterocycles. The van der Waals surface area contributed by atoms with Crippen LogP contribution >= 0.6 is 27.7 Å². The molecule has 0 bridgehead atoms. The second-order valence-electron chi connectivity index (χ2n) is 4.17. The van der Waals surface area contributed by atoms with Gasteiger partial charge in [-0.1, -0.05) is 12.1 Å². The molecule has 2 aromatic rings. The standard InChI is InChI=1S/C14H17BrN2O2S/c1-3-17-14(12(19-2)8-16-17)11(18)9-20-13-7-5-4-6-10(13)15/h4-8,11,18H,3,9H2,1-2H3. The lowest BCUT2D eigenvalue weighted by atomic mass is 10.2. The van der Waals surface area contributed by atoms with Crippen molar-refractivity contribution >= 4 is 27.7 Å². The number of thioether (sulfide) groups is 1. The van der Waals surface area contributed by atoms with Crippen LogP contribution in [0.5, 0.6) is 5.75 Å². The van der Waals surface area contributed by atoms with Gasteiger partial charge in [0.15, 0.2) is 5.75 Å². The third-order valence-corrected chi connectivity index (χ3v) is 5.02. The number of halogens is 1. The first-order valence-electron chi connectivity index (χ1n) is 6.32. The van der Waals surface area contributed by atoms with Crippen LogP contribution in [0.3, 0.4) is 0 Å². The molecular weight excluding hydrogens is 340 g/mol. The Bertz CT molecular complexity index is 553. The van der Waals surface area contributed by atoms with E-state index in [1.165, 1.54) is 0 Å². The van der Waals surface area contributed by atoms with Crippen molar-refractivity contribution in [1.82, 2.24) is 9.78 Å². The van der Waals surface area contributed by atoms with Crippen molar-refractivity contribution in [3.63, 3.8) is 0 Å².